The molecule has 2 aromatic carbocycles. The zero-order chi connectivity index (χ0) is 24.0. The number of carbonyl (C=O) groups is 2. The molecule has 1 fully saturated rings. The Balaban J connectivity index is 2.08. The summed E-state index contributed by atoms with van der Waals surface area (Å²) < 4.78 is 10.8. The van der Waals surface area contributed by atoms with Gasteiger partial charge in [-0.15, -0.1) is 0 Å². The van der Waals surface area contributed by atoms with E-state index in [1.165, 1.54) is 0 Å². The van der Waals surface area contributed by atoms with E-state index >= 15 is 0 Å². The van der Waals surface area contributed by atoms with E-state index in [1.807, 2.05) is 19.1 Å². The number of rotatable bonds is 10. The van der Waals surface area contributed by atoms with Gasteiger partial charge in [0.1, 0.15) is 17.3 Å². The number of ether oxygens (including phenoxy) is 2. The van der Waals surface area contributed by atoms with Crippen molar-refractivity contribution in [2.75, 3.05) is 39.9 Å². The van der Waals surface area contributed by atoms with E-state index in [-0.39, 0.29) is 11.3 Å². The molecule has 33 heavy (non-hydrogen) atoms. The third-order valence-corrected chi connectivity index (χ3v) is 5.94. The first-order chi connectivity index (χ1) is 15.9. The van der Waals surface area contributed by atoms with Crippen LogP contribution in [-0.2, 0) is 9.59 Å². The van der Waals surface area contributed by atoms with Crippen LogP contribution in [0.1, 0.15) is 37.9 Å². The number of hydrogen-bond donors (Lipinski definition) is 1. The van der Waals surface area contributed by atoms with Gasteiger partial charge in [-0.3, -0.25) is 9.59 Å². The monoisotopic (exact) mass is 452 g/mol. The molecule has 7 heteroatoms. The van der Waals surface area contributed by atoms with E-state index in [4.69, 9.17) is 9.47 Å². The summed E-state index contributed by atoms with van der Waals surface area (Å²) in [6.45, 7) is 9.22. The third kappa shape index (κ3) is 5.20. The fraction of sp³-hybridized carbons (Fsp3) is 0.385. The second-order valence-corrected chi connectivity index (χ2v) is 7.75. The van der Waals surface area contributed by atoms with Gasteiger partial charge >= 0.3 is 0 Å². The fourth-order valence-corrected chi connectivity index (χ4v) is 4.09. The average Bonchev–Trinajstić information content (AvgIpc) is 3.10. The van der Waals surface area contributed by atoms with Gasteiger partial charge in [0.15, 0.2) is 0 Å². The Kier molecular flexibility index (Phi) is 8.11. The zero-order valence-corrected chi connectivity index (χ0v) is 19.7. The van der Waals surface area contributed by atoms with Crippen molar-refractivity contribution < 1.29 is 24.2 Å². The van der Waals surface area contributed by atoms with Crippen molar-refractivity contribution in [2.24, 2.45) is 0 Å². The number of hydrogen-bond acceptors (Lipinski definition) is 6. The van der Waals surface area contributed by atoms with Crippen molar-refractivity contribution in [3.63, 3.8) is 0 Å². The fourth-order valence-electron chi connectivity index (χ4n) is 4.09. The van der Waals surface area contributed by atoms with Gasteiger partial charge in [0.2, 0.25) is 0 Å². The molecule has 1 aliphatic heterocycles. The lowest BCUT2D eigenvalue weighted by atomic mass is 9.95. The first-order valence-corrected chi connectivity index (χ1v) is 11.3. The highest BCUT2D eigenvalue weighted by atomic mass is 16.5. The number of likely N-dealkylation sites (tertiary alicyclic amines) is 1. The highest BCUT2D eigenvalue weighted by Crippen LogP contribution is 2.40. The SMILES string of the molecule is CCOc1ccc(C(O)=C2C(=O)C(=O)N(CCN(CC)CC)[C@@H]2c2cccc(OC)c2)cc1. The van der Waals surface area contributed by atoms with Crippen LogP contribution in [0.2, 0.25) is 0 Å². The average molecular weight is 453 g/mol. The first-order valence-electron chi connectivity index (χ1n) is 11.3. The van der Waals surface area contributed by atoms with Crippen molar-refractivity contribution in [1.82, 2.24) is 9.80 Å². The van der Waals surface area contributed by atoms with E-state index in [0.29, 0.717) is 42.3 Å². The first kappa shape index (κ1) is 24.3. The molecule has 1 amide bonds. The molecular weight excluding hydrogens is 420 g/mol. The molecule has 1 N–H and O–H groups in total. The summed E-state index contributed by atoms with van der Waals surface area (Å²) in [4.78, 5) is 30.0. The molecule has 3 rings (SSSR count). The standard InChI is InChI=1S/C26H32N2O5/c1-5-27(6-2)15-16-28-23(19-9-8-10-21(17-19)32-4)22(25(30)26(28)31)24(29)18-11-13-20(14-12-18)33-7-3/h8-14,17,23,29H,5-7,15-16H2,1-4H3/t23-/m1/s1. The number of nitrogens with zero attached hydrogens (tertiary/aromatic N) is 2. The van der Waals surface area contributed by atoms with Gasteiger partial charge in [-0.05, 0) is 62.0 Å². The second kappa shape index (κ2) is 11.0. The van der Waals surface area contributed by atoms with Gasteiger partial charge in [-0.25, -0.2) is 0 Å². The van der Waals surface area contributed by atoms with Crippen molar-refractivity contribution >= 4 is 17.4 Å². The summed E-state index contributed by atoms with van der Waals surface area (Å²) in [7, 11) is 1.57. The van der Waals surface area contributed by atoms with Crippen LogP contribution in [-0.4, -0.2) is 66.5 Å². The Hall–Kier alpha value is -3.32. The Morgan fingerprint density at radius 1 is 1.03 bits per heavy atom. The normalized spacial score (nSPS) is 17.6. The van der Waals surface area contributed by atoms with E-state index in [1.54, 1.807) is 48.4 Å². The predicted molar refractivity (Wildman–Crippen MR) is 127 cm³/mol. The van der Waals surface area contributed by atoms with Gasteiger partial charge in [-0.2, -0.15) is 0 Å². The van der Waals surface area contributed by atoms with Gasteiger partial charge in [0, 0.05) is 18.7 Å². The molecule has 0 spiro atoms. The summed E-state index contributed by atoms with van der Waals surface area (Å²) in [5.74, 6) is -0.216. The largest absolute Gasteiger partial charge is 0.507 e. The van der Waals surface area contributed by atoms with Gasteiger partial charge in [0.05, 0.1) is 25.3 Å². The third-order valence-electron chi connectivity index (χ3n) is 5.94. The molecule has 0 radical (unpaired) electrons. The summed E-state index contributed by atoms with van der Waals surface area (Å²) >= 11 is 0. The molecular formula is C26H32N2O5. The highest BCUT2D eigenvalue weighted by Gasteiger charge is 2.46. The Bertz CT molecular complexity index is 1010. The number of ketones is 1. The number of benzene rings is 2. The minimum absolute atomic E-state index is 0.0805. The summed E-state index contributed by atoms with van der Waals surface area (Å²) in [5, 5.41) is 11.2. The molecule has 2 aromatic rings. The van der Waals surface area contributed by atoms with E-state index in [9.17, 15) is 14.7 Å². The number of carbonyl (C=O) groups excluding carboxylic acids is 2. The molecule has 176 valence electrons. The van der Waals surface area contributed by atoms with E-state index < -0.39 is 17.7 Å². The van der Waals surface area contributed by atoms with E-state index in [2.05, 4.69) is 18.7 Å². The van der Waals surface area contributed by atoms with Crippen molar-refractivity contribution in [2.45, 2.75) is 26.8 Å². The molecule has 0 aliphatic carbocycles. The molecule has 1 atom stereocenters. The lowest BCUT2D eigenvalue weighted by Crippen LogP contribution is -2.38. The molecule has 1 heterocycles. The highest BCUT2D eigenvalue weighted by molar-refractivity contribution is 6.46. The Morgan fingerprint density at radius 2 is 1.73 bits per heavy atom. The van der Waals surface area contributed by atoms with Crippen molar-refractivity contribution in [3.8, 4) is 11.5 Å². The number of aliphatic hydroxyl groups excluding tert-OH is 1. The topological polar surface area (TPSA) is 79.3 Å². The van der Waals surface area contributed by atoms with Crippen LogP contribution in [0.15, 0.2) is 54.1 Å². The zero-order valence-electron chi connectivity index (χ0n) is 19.7. The predicted octanol–water partition coefficient (Wildman–Crippen LogP) is 3.86. The summed E-state index contributed by atoms with van der Waals surface area (Å²) in [6.07, 6.45) is 0. The maximum Gasteiger partial charge on any atom is 0.295 e. The summed E-state index contributed by atoms with van der Waals surface area (Å²) in [5.41, 5.74) is 1.24. The van der Waals surface area contributed by atoms with Crippen LogP contribution in [0, 0.1) is 0 Å². The molecule has 0 bridgehead atoms. The van der Waals surface area contributed by atoms with Crippen molar-refractivity contribution in [1.29, 1.82) is 0 Å². The van der Waals surface area contributed by atoms with Gasteiger partial charge < -0.3 is 24.4 Å². The van der Waals surface area contributed by atoms with Crippen LogP contribution >= 0.6 is 0 Å². The molecule has 0 aromatic heterocycles. The van der Waals surface area contributed by atoms with Crippen LogP contribution in [0.25, 0.3) is 5.76 Å². The Morgan fingerprint density at radius 3 is 2.33 bits per heavy atom. The maximum absolute atomic E-state index is 13.1. The lowest BCUT2D eigenvalue weighted by Gasteiger charge is -2.28. The van der Waals surface area contributed by atoms with Gasteiger partial charge in [0.25, 0.3) is 11.7 Å². The minimum atomic E-state index is -0.706. The van der Waals surface area contributed by atoms with Crippen molar-refractivity contribution in [3.05, 3.63) is 65.2 Å². The molecule has 0 unspecified atom stereocenters. The van der Waals surface area contributed by atoms with Crippen LogP contribution < -0.4 is 9.47 Å². The number of amides is 1. The van der Waals surface area contributed by atoms with E-state index in [0.717, 1.165) is 13.1 Å². The lowest BCUT2D eigenvalue weighted by molar-refractivity contribution is -0.140. The van der Waals surface area contributed by atoms with Gasteiger partial charge in [-0.1, -0.05) is 26.0 Å². The number of likely N-dealkylation sites (N-methyl/N-ethyl adjacent to an activating group) is 1. The van der Waals surface area contributed by atoms with Crippen LogP contribution in [0.5, 0.6) is 11.5 Å². The summed E-state index contributed by atoms with van der Waals surface area (Å²) in [6, 6.07) is 13.4. The molecule has 1 saturated heterocycles. The smallest absolute Gasteiger partial charge is 0.295 e. The van der Waals surface area contributed by atoms with Crippen LogP contribution in [0.3, 0.4) is 0 Å². The molecule has 1 aliphatic rings. The minimum Gasteiger partial charge on any atom is -0.507 e. The molecule has 0 saturated carbocycles. The number of aliphatic hydroxyl groups is 1. The number of Topliss-reactive ketones (excluding diaryl/α,β-unsaturated/α-hetero) is 1. The second-order valence-electron chi connectivity index (χ2n) is 7.75. The Labute approximate surface area is 195 Å². The van der Waals surface area contributed by atoms with Crippen LogP contribution in [0.4, 0.5) is 0 Å². The molecule has 7 nitrogen and oxygen atoms in total. The quantitative estimate of drug-likeness (QED) is 0.335. The number of methoxy groups -OCH3 is 1. The maximum atomic E-state index is 13.1.